The lowest BCUT2D eigenvalue weighted by molar-refractivity contribution is -0.161. The Labute approximate surface area is 219 Å². The molecule has 6 atom stereocenters. The Bertz CT molecular complexity index is 1040. The molecule has 0 spiro atoms. The molecule has 1 aliphatic heterocycles. The highest BCUT2D eigenvalue weighted by Crippen LogP contribution is 2.43. The molecule has 2 fully saturated rings. The Morgan fingerprint density at radius 3 is 2.42 bits per heavy atom. The first-order chi connectivity index (χ1) is 17.2. The van der Waals surface area contributed by atoms with Crippen molar-refractivity contribution >= 4 is 23.5 Å². The number of benzene rings is 2. The van der Waals surface area contributed by atoms with Gasteiger partial charge in [0.2, 0.25) is 0 Å². The number of rotatable bonds is 7. The molecule has 36 heavy (non-hydrogen) atoms. The molecule has 1 aliphatic carbocycles. The van der Waals surface area contributed by atoms with Gasteiger partial charge in [0, 0.05) is 17.5 Å². The van der Waals surface area contributed by atoms with Gasteiger partial charge in [0.15, 0.2) is 0 Å². The first-order valence-corrected chi connectivity index (χ1v) is 13.5. The van der Waals surface area contributed by atoms with Crippen LogP contribution in [0.5, 0.6) is 0 Å². The maximum atomic E-state index is 13.8. The largest absolute Gasteiger partial charge is 0.468 e. The van der Waals surface area contributed by atoms with Crippen molar-refractivity contribution in [1.82, 2.24) is 5.32 Å². The molecule has 0 radical (unpaired) electrons. The molecule has 0 bridgehead atoms. The summed E-state index contributed by atoms with van der Waals surface area (Å²) in [7, 11) is 1.40. The van der Waals surface area contributed by atoms with Crippen LogP contribution in [0, 0.1) is 23.7 Å². The number of esters is 2. The highest BCUT2D eigenvalue weighted by Gasteiger charge is 2.54. The molecular formula is C30H38ClNO4. The maximum Gasteiger partial charge on any atom is 0.326 e. The summed E-state index contributed by atoms with van der Waals surface area (Å²) in [6.45, 7) is 6.64. The molecule has 6 heteroatoms. The van der Waals surface area contributed by atoms with Gasteiger partial charge >= 0.3 is 11.9 Å². The SMILES string of the molecule is COC(=O)[C@]1(Cc2ccccc2)C[C@H](C(=O)O[C@@H]2C[C@H](C)CC[C@H]2C(C)C)[C@H](c2ccc(Cl)cc2)N1. The van der Waals surface area contributed by atoms with Crippen LogP contribution < -0.4 is 5.32 Å². The molecule has 5 nitrogen and oxygen atoms in total. The molecule has 194 valence electrons. The highest BCUT2D eigenvalue weighted by molar-refractivity contribution is 6.30. The lowest BCUT2D eigenvalue weighted by atomic mass is 9.75. The van der Waals surface area contributed by atoms with Crippen molar-refractivity contribution in [3.8, 4) is 0 Å². The van der Waals surface area contributed by atoms with E-state index in [1.54, 1.807) is 0 Å². The molecule has 0 aromatic heterocycles. The predicted octanol–water partition coefficient (Wildman–Crippen LogP) is 6.15. The van der Waals surface area contributed by atoms with Gasteiger partial charge in [0.25, 0.3) is 0 Å². The van der Waals surface area contributed by atoms with E-state index in [1.165, 1.54) is 7.11 Å². The Kier molecular flexibility index (Phi) is 8.41. The minimum absolute atomic E-state index is 0.102. The normalized spacial score (nSPS) is 30.2. The zero-order valence-corrected chi connectivity index (χ0v) is 22.5. The monoisotopic (exact) mass is 511 g/mol. The third kappa shape index (κ3) is 5.78. The average molecular weight is 512 g/mol. The van der Waals surface area contributed by atoms with Crippen molar-refractivity contribution in [2.45, 2.75) is 70.6 Å². The summed E-state index contributed by atoms with van der Waals surface area (Å²) >= 11 is 6.16. The number of halogens is 1. The molecule has 1 N–H and O–H groups in total. The van der Waals surface area contributed by atoms with Gasteiger partial charge in [-0.1, -0.05) is 81.3 Å². The smallest absolute Gasteiger partial charge is 0.326 e. The molecule has 0 amide bonds. The minimum atomic E-state index is -1.04. The van der Waals surface area contributed by atoms with Crippen LogP contribution in [0.2, 0.25) is 5.02 Å². The van der Waals surface area contributed by atoms with Gasteiger partial charge in [0.1, 0.15) is 11.6 Å². The van der Waals surface area contributed by atoms with Gasteiger partial charge in [0.05, 0.1) is 13.0 Å². The molecule has 1 saturated carbocycles. The number of hydrogen-bond donors (Lipinski definition) is 1. The Morgan fingerprint density at radius 2 is 1.78 bits per heavy atom. The van der Waals surface area contributed by atoms with Gasteiger partial charge in [-0.25, -0.2) is 0 Å². The number of nitrogens with one attached hydrogen (secondary N) is 1. The first kappa shape index (κ1) is 26.7. The zero-order chi connectivity index (χ0) is 25.9. The number of carbonyl (C=O) groups is 2. The van der Waals surface area contributed by atoms with Crippen LogP contribution in [-0.4, -0.2) is 30.7 Å². The highest BCUT2D eigenvalue weighted by atomic mass is 35.5. The van der Waals surface area contributed by atoms with E-state index in [-0.39, 0.29) is 18.0 Å². The van der Waals surface area contributed by atoms with Crippen LogP contribution in [-0.2, 0) is 25.5 Å². The van der Waals surface area contributed by atoms with Gasteiger partial charge in [-0.2, -0.15) is 0 Å². The van der Waals surface area contributed by atoms with Crippen molar-refractivity contribution < 1.29 is 19.1 Å². The fourth-order valence-corrected chi connectivity index (χ4v) is 6.25. The Morgan fingerprint density at radius 1 is 1.08 bits per heavy atom. The molecular weight excluding hydrogens is 474 g/mol. The Balaban J connectivity index is 1.66. The van der Waals surface area contributed by atoms with Crippen LogP contribution >= 0.6 is 11.6 Å². The van der Waals surface area contributed by atoms with E-state index in [4.69, 9.17) is 21.1 Å². The summed E-state index contributed by atoms with van der Waals surface area (Å²) in [6.07, 6.45) is 3.73. The van der Waals surface area contributed by atoms with Gasteiger partial charge in [-0.05, 0) is 60.3 Å². The second-order valence-corrected chi connectivity index (χ2v) is 11.5. The van der Waals surface area contributed by atoms with Gasteiger partial charge in [-0.3, -0.25) is 14.9 Å². The van der Waals surface area contributed by atoms with Crippen molar-refractivity contribution in [1.29, 1.82) is 0 Å². The molecule has 1 heterocycles. The number of hydrogen-bond acceptors (Lipinski definition) is 5. The fraction of sp³-hybridized carbons (Fsp3) is 0.533. The topological polar surface area (TPSA) is 64.6 Å². The quantitative estimate of drug-likeness (QED) is 0.452. The first-order valence-electron chi connectivity index (χ1n) is 13.1. The Hall–Kier alpha value is -2.37. The van der Waals surface area contributed by atoms with Crippen molar-refractivity contribution in [3.63, 3.8) is 0 Å². The zero-order valence-electron chi connectivity index (χ0n) is 21.7. The summed E-state index contributed by atoms with van der Waals surface area (Å²) in [5, 5.41) is 4.15. The van der Waals surface area contributed by atoms with Gasteiger partial charge < -0.3 is 9.47 Å². The van der Waals surface area contributed by atoms with E-state index in [0.717, 1.165) is 30.4 Å². The number of methoxy groups -OCH3 is 1. The van der Waals surface area contributed by atoms with Crippen LogP contribution in [0.4, 0.5) is 0 Å². The number of carbonyl (C=O) groups excluding carboxylic acids is 2. The lowest BCUT2D eigenvalue weighted by Gasteiger charge is -2.37. The fourth-order valence-electron chi connectivity index (χ4n) is 6.12. The molecule has 4 rings (SSSR count). The molecule has 0 unspecified atom stereocenters. The third-order valence-corrected chi connectivity index (χ3v) is 8.34. The lowest BCUT2D eigenvalue weighted by Crippen LogP contribution is -2.50. The van der Waals surface area contributed by atoms with E-state index >= 15 is 0 Å². The van der Waals surface area contributed by atoms with Crippen LogP contribution in [0.15, 0.2) is 54.6 Å². The summed E-state index contributed by atoms with van der Waals surface area (Å²) in [5.74, 6) is 0.176. The van der Waals surface area contributed by atoms with Crippen LogP contribution in [0.25, 0.3) is 0 Å². The second-order valence-electron chi connectivity index (χ2n) is 11.0. The summed E-state index contributed by atoms with van der Waals surface area (Å²) in [4.78, 5) is 27.1. The van der Waals surface area contributed by atoms with Crippen LogP contribution in [0.1, 0.15) is 63.6 Å². The van der Waals surface area contributed by atoms with E-state index < -0.39 is 17.5 Å². The van der Waals surface area contributed by atoms with E-state index in [2.05, 4.69) is 26.1 Å². The summed E-state index contributed by atoms with van der Waals surface area (Å²) < 4.78 is 11.6. The van der Waals surface area contributed by atoms with E-state index in [9.17, 15) is 9.59 Å². The van der Waals surface area contributed by atoms with E-state index in [0.29, 0.717) is 35.6 Å². The van der Waals surface area contributed by atoms with Crippen molar-refractivity contribution in [2.75, 3.05) is 7.11 Å². The van der Waals surface area contributed by atoms with Gasteiger partial charge in [-0.15, -0.1) is 0 Å². The van der Waals surface area contributed by atoms with Crippen molar-refractivity contribution in [2.24, 2.45) is 23.7 Å². The van der Waals surface area contributed by atoms with Crippen molar-refractivity contribution in [3.05, 3.63) is 70.7 Å². The van der Waals surface area contributed by atoms with Crippen LogP contribution in [0.3, 0.4) is 0 Å². The van der Waals surface area contributed by atoms with E-state index in [1.807, 2.05) is 54.6 Å². The molecule has 2 aromatic carbocycles. The number of ether oxygens (including phenoxy) is 2. The molecule has 1 saturated heterocycles. The molecule has 2 aromatic rings. The minimum Gasteiger partial charge on any atom is -0.468 e. The molecule has 2 aliphatic rings. The standard InChI is InChI=1S/C30H38ClNO4/c1-19(2)24-15-10-20(3)16-26(24)36-28(33)25-18-30(29(34)35-4,17-21-8-6-5-7-9-21)32-27(25)22-11-13-23(31)14-12-22/h5-9,11-14,19-20,24-27,32H,10,15-18H2,1-4H3/t20-,24+,25+,26-,27+,30+/m1/s1. The maximum absolute atomic E-state index is 13.8. The predicted molar refractivity (Wildman–Crippen MR) is 142 cm³/mol. The summed E-state index contributed by atoms with van der Waals surface area (Å²) in [5.41, 5.74) is 0.861. The third-order valence-electron chi connectivity index (χ3n) is 8.09. The average Bonchev–Trinajstić information content (AvgIpc) is 3.25. The summed E-state index contributed by atoms with van der Waals surface area (Å²) in [6, 6.07) is 16.9. The second kappa shape index (κ2) is 11.4.